The van der Waals surface area contributed by atoms with Crippen LogP contribution >= 0.6 is 47.8 Å². The summed E-state index contributed by atoms with van der Waals surface area (Å²) in [5, 5.41) is 38.2. The molecule has 10 aromatic rings. The van der Waals surface area contributed by atoms with Crippen LogP contribution in [0.3, 0.4) is 0 Å². The lowest BCUT2D eigenvalue weighted by Gasteiger charge is -2.32. The molecule has 5 heterocycles. The highest BCUT2D eigenvalue weighted by atomic mass is 79.9. The molecule has 0 aromatic heterocycles. The third-order valence-corrected chi connectivity index (χ3v) is 30.3. The molecule has 8 atom stereocenters. The van der Waals surface area contributed by atoms with Crippen LogP contribution in [0.2, 0.25) is 0 Å². The van der Waals surface area contributed by atoms with Gasteiger partial charge >= 0.3 is 31.0 Å². The Balaban J connectivity index is 0.000000143. The Morgan fingerprint density at radius 1 is 0.413 bits per heavy atom. The van der Waals surface area contributed by atoms with Gasteiger partial charge in [-0.3, -0.25) is 19.2 Å². The van der Waals surface area contributed by atoms with E-state index in [2.05, 4.69) is 52.5 Å². The second-order valence-corrected chi connectivity index (χ2v) is 42.0. The predicted molar refractivity (Wildman–Crippen MR) is 543 cm³/mol. The number of esters is 4. The zero-order valence-electron chi connectivity index (χ0n) is 83.4. The summed E-state index contributed by atoms with van der Waals surface area (Å²) >= 11 is 10.3. The van der Waals surface area contributed by atoms with E-state index in [-0.39, 0.29) is 95.5 Å². The molecule has 143 heavy (non-hydrogen) atoms. The number of methoxy groups -OCH3 is 4. The van der Waals surface area contributed by atoms with Crippen LogP contribution in [0.25, 0.3) is 11.1 Å². The highest BCUT2D eigenvalue weighted by molar-refractivity contribution is 9.11. The minimum atomic E-state index is -0.781. The first-order valence-corrected chi connectivity index (χ1v) is 50.5. The molecule has 4 N–H and O–H groups in total. The fourth-order valence-corrected chi connectivity index (χ4v) is 20.6. The molecule has 10 aromatic carbocycles. The summed E-state index contributed by atoms with van der Waals surface area (Å²) in [6.45, 7) is 26.0. The lowest BCUT2D eigenvalue weighted by molar-refractivity contribution is -0.142. The molecule has 4 unspecified atom stereocenters. The SMILES string of the molecule is COC(=O)CC1COc2cc(O)ccc21.COC(=O)CC1COc2cc(O[C@@H]3CCc4c(-c5c(C)cc(OCCC(C)(C)O)cc5C)ccc(F)c43)ccc21.COC(=O)CC1COc2cc(O[C@@H]3CCc4c(B5OC(C)(C)C(C)(C)O5)ccc(F)c43)ccc21.COC(=O)CC1COc2cc(O[C@@H]3CCc4c(Br)ccc(F)c43)ccc21.Cc1cc(OCCC(C)(C)O)cc(C)c1Br.O[C@H]1CCc2c(Br)ccc(F)c21. The number of aromatic hydroxyl groups is 1. The summed E-state index contributed by atoms with van der Waals surface area (Å²) in [6, 6.07) is 42.7. The Morgan fingerprint density at radius 3 is 1.13 bits per heavy atom. The Labute approximate surface area is 858 Å². The largest absolute Gasteiger partial charge is 0.508 e. The van der Waals surface area contributed by atoms with E-state index in [4.69, 9.17) is 66.2 Å². The van der Waals surface area contributed by atoms with Crippen LogP contribution in [0.1, 0.15) is 257 Å². The van der Waals surface area contributed by atoms with Crippen LogP contribution in [-0.4, -0.2) is 142 Å². The van der Waals surface area contributed by atoms with Crippen molar-refractivity contribution in [1.29, 1.82) is 0 Å². The molecule has 23 nitrogen and oxygen atoms in total. The summed E-state index contributed by atoms with van der Waals surface area (Å²) in [6.07, 6.45) is 6.17. The topological polar surface area (TPSA) is 288 Å². The van der Waals surface area contributed by atoms with E-state index < -0.39 is 47.8 Å². The summed E-state index contributed by atoms with van der Waals surface area (Å²) in [5.74, 6) is 4.23. The van der Waals surface area contributed by atoms with Gasteiger partial charge in [-0.25, -0.2) is 17.6 Å². The van der Waals surface area contributed by atoms with Crippen molar-refractivity contribution in [2.75, 3.05) is 68.1 Å². The number of hydrogen-bond acceptors (Lipinski definition) is 23. The lowest BCUT2D eigenvalue weighted by atomic mass is 9.75. The molecular formula is C112H124BBr3F4O23. The number of carbonyl (C=O) groups excluding carboxylic acids is 4. The molecule has 9 aliphatic rings. The van der Waals surface area contributed by atoms with Crippen molar-refractivity contribution in [3.8, 4) is 68.6 Å². The first-order chi connectivity index (χ1) is 67.9. The van der Waals surface area contributed by atoms with Crippen molar-refractivity contribution < 1.29 is 128 Å². The first-order valence-electron chi connectivity index (χ1n) is 48.1. The molecule has 5 aliphatic heterocycles. The Hall–Kier alpha value is -10.9. The van der Waals surface area contributed by atoms with Crippen molar-refractivity contribution >= 4 is 84.2 Å². The Bertz CT molecular complexity index is 6270. The van der Waals surface area contributed by atoms with Crippen molar-refractivity contribution in [3.63, 3.8) is 0 Å². The van der Waals surface area contributed by atoms with Crippen LogP contribution in [0, 0.1) is 51.0 Å². The molecule has 762 valence electrons. The molecule has 0 spiro atoms. The van der Waals surface area contributed by atoms with Gasteiger partial charge in [0.15, 0.2) is 0 Å². The van der Waals surface area contributed by atoms with Crippen LogP contribution in [0.5, 0.6) is 57.5 Å². The van der Waals surface area contributed by atoms with E-state index in [1.807, 2.05) is 140 Å². The second kappa shape index (κ2) is 46.2. The van der Waals surface area contributed by atoms with Crippen molar-refractivity contribution in [1.82, 2.24) is 0 Å². The van der Waals surface area contributed by atoms with Gasteiger partial charge in [0.05, 0.1) is 122 Å². The average molecular weight is 2160 g/mol. The van der Waals surface area contributed by atoms with E-state index >= 15 is 8.78 Å². The number of halogens is 7. The molecule has 1 fully saturated rings. The second-order valence-electron chi connectivity index (χ2n) is 39.5. The molecule has 4 aliphatic carbocycles. The van der Waals surface area contributed by atoms with Gasteiger partial charge in [0, 0.05) is 119 Å². The van der Waals surface area contributed by atoms with E-state index in [1.165, 1.54) is 63.8 Å². The van der Waals surface area contributed by atoms with Gasteiger partial charge in [-0.2, -0.15) is 0 Å². The number of phenolic OH excluding ortho intramolecular Hbond substituents is 1. The number of aliphatic hydroxyl groups is 3. The zero-order chi connectivity index (χ0) is 103. The van der Waals surface area contributed by atoms with E-state index in [9.17, 15) is 48.4 Å². The Morgan fingerprint density at radius 2 is 0.741 bits per heavy atom. The zero-order valence-corrected chi connectivity index (χ0v) is 88.1. The first kappa shape index (κ1) is 108. The van der Waals surface area contributed by atoms with Crippen LogP contribution in [-0.2, 0) is 73.1 Å². The monoisotopic (exact) mass is 2160 g/mol. The van der Waals surface area contributed by atoms with Crippen molar-refractivity contribution in [2.24, 2.45) is 0 Å². The van der Waals surface area contributed by atoms with Gasteiger partial charge in [-0.05, 0) is 280 Å². The number of benzene rings is 10. The van der Waals surface area contributed by atoms with E-state index in [0.717, 1.165) is 116 Å². The summed E-state index contributed by atoms with van der Waals surface area (Å²) < 4.78 is 145. The summed E-state index contributed by atoms with van der Waals surface area (Å²) in [7, 11) is 4.97. The number of aryl methyl sites for hydroxylation is 4. The maximum absolute atomic E-state index is 15.3. The van der Waals surface area contributed by atoms with Crippen molar-refractivity contribution in [3.05, 3.63) is 271 Å². The third kappa shape index (κ3) is 26.0. The number of phenols is 1. The number of fused-ring (bicyclic) bond motifs is 8. The minimum Gasteiger partial charge on any atom is -0.508 e. The van der Waals surface area contributed by atoms with Gasteiger partial charge in [0.25, 0.3) is 0 Å². The lowest BCUT2D eigenvalue weighted by Crippen LogP contribution is -2.41. The molecule has 31 heteroatoms. The van der Waals surface area contributed by atoms with Crippen LogP contribution < -0.4 is 48.1 Å². The fourth-order valence-electron chi connectivity index (χ4n) is 19.3. The maximum Gasteiger partial charge on any atom is 0.495 e. The quantitative estimate of drug-likeness (QED) is 0.0189. The van der Waals surface area contributed by atoms with Gasteiger partial charge < -0.3 is 91.3 Å². The van der Waals surface area contributed by atoms with Gasteiger partial charge in [-0.1, -0.05) is 84.2 Å². The highest BCUT2D eigenvalue weighted by Crippen LogP contribution is 2.51. The molecule has 0 amide bonds. The molecule has 0 radical (unpaired) electrons. The molecule has 0 bridgehead atoms. The molecular weight excluding hydrogens is 2040 g/mol. The number of rotatable bonds is 24. The predicted octanol–water partition coefficient (Wildman–Crippen LogP) is 23.3. The minimum absolute atomic E-state index is 0.00731. The molecule has 1 saturated heterocycles. The number of carbonyl (C=O) groups is 4. The van der Waals surface area contributed by atoms with Gasteiger partial charge in [0.1, 0.15) is 99.1 Å². The van der Waals surface area contributed by atoms with Crippen molar-refractivity contribution in [2.45, 2.75) is 243 Å². The standard InChI is InChI=1S/C33H37FO6.C26H30BFO6.C20H18BrFO4.C13H19BrO2.C11H12O4.C9H8BrFO/c1-19-14-23(38-13-12-33(3,4)36)15-20(2)31(19)25-8-10-27(34)32-26(25)9-11-28(32)40-22-6-7-24-21(16-30(35)37-5)18-39-29(24)17-22;1-25(2)26(3,4)34-27(33-25)19-9-10-20(28)24-18(19)8-11-21(24)32-16-6-7-17-15(12-23(29)30-5)14-31-22(17)13-16;1-24-19(23)8-11-10-25-18-9-12(2-3-13(11)18)26-17-7-4-14-15(21)5-6-16(22)20(14)17;1-9-7-11(8-10(2)12(9)14)16-6-5-13(3,4)15;1-14-11(13)4-7-6-15-10-5-8(12)2-3-9(7)10;10-6-2-3-7(11)9-5(6)1-4-8(9)12/h6-8,10,14-15,17,21,28,36H,9,11-13,16,18H2,1-5H3;6-7,9-10,13,15,21H,8,11-12,14H2,1-5H3;2-3,5-6,9,11,17H,4,7-8,10H2,1H3;7-8,15H,5-6H2,1-4H3;2-3,5,7,12H,4,6H2,1H3;2-3,8,12H,1,4H2/t21?,28-;15?,21-;11?,17-;;;8-/m111..0/s1. The maximum atomic E-state index is 15.3. The highest BCUT2D eigenvalue weighted by Gasteiger charge is 2.53. The normalized spacial score (nSPS) is 19.3. The van der Waals surface area contributed by atoms with E-state index in [0.29, 0.717) is 160 Å². The smallest absolute Gasteiger partial charge is 0.495 e. The average Bonchev–Trinajstić information content (AvgIpc) is 1.60. The molecule has 19 rings (SSSR count). The fraction of sp³-hybridized carbons (Fsp3) is 0.429. The van der Waals surface area contributed by atoms with E-state index in [1.54, 1.807) is 64.1 Å². The number of hydrogen-bond donors (Lipinski definition) is 4. The third-order valence-electron chi connectivity index (χ3n) is 27.6. The summed E-state index contributed by atoms with van der Waals surface area (Å²) in [5.41, 5.74) is 14.9. The number of ether oxygens (including phenoxy) is 13. The van der Waals surface area contributed by atoms with Crippen LogP contribution in [0.15, 0.2) is 159 Å². The Kier molecular flexibility index (Phi) is 34.9. The van der Waals surface area contributed by atoms with Gasteiger partial charge in [-0.15, -0.1) is 0 Å². The van der Waals surface area contributed by atoms with Gasteiger partial charge in [0.2, 0.25) is 0 Å². The summed E-state index contributed by atoms with van der Waals surface area (Å²) in [4.78, 5) is 46.0. The number of aliphatic hydroxyl groups excluding tert-OH is 1. The molecule has 0 saturated carbocycles. The van der Waals surface area contributed by atoms with Crippen LogP contribution in [0.4, 0.5) is 17.6 Å².